The molecule has 10 heteroatoms. The van der Waals surface area contributed by atoms with Gasteiger partial charge in [-0.3, -0.25) is 0 Å². The van der Waals surface area contributed by atoms with Gasteiger partial charge in [0, 0.05) is 43.9 Å². The summed E-state index contributed by atoms with van der Waals surface area (Å²) in [6, 6.07) is 0. The Bertz CT molecular complexity index is 594. The van der Waals surface area contributed by atoms with Crippen LogP contribution in [0.4, 0.5) is 0 Å². The van der Waals surface area contributed by atoms with E-state index in [0.717, 1.165) is 0 Å². The standard InChI is InChI=1S/C18H22O8S2/c1-9(2)13(19)23-17(24-14(20)10(3)4)27-28-18(25-15(21)11(5)6)26-16(22)12(7)8/h17-18H,1,3,5,7H2,2,4,6,8H3. The maximum Gasteiger partial charge on any atom is 0.336 e. The summed E-state index contributed by atoms with van der Waals surface area (Å²) in [5.74, 6) is -3.27. The summed E-state index contributed by atoms with van der Waals surface area (Å²) < 4.78 is 20.0. The van der Waals surface area contributed by atoms with Crippen LogP contribution < -0.4 is 0 Å². The molecule has 0 aliphatic rings. The van der Waals surface area contributed by atoms with Crippen LogP contribution in [0, 0.1) is 0 Å². The molecule has 0 aromatic carbocycles. The average molecular weight is 431 g/mol. The van der Waals surface area contributed by atoms with Gasteiger partial charge < -0.3 is 18.9 Å². The van der Waals surface area contributed by atoms with Gasteiger partial charge in [-0.25, -0.2) is 19.2 Å². The minimum Gasteiger partial charge on any atom is -0.411 e. The number of rotatable bonds is 11. The van der Waals surface area contributed by atoms with E-state index < -0.39 is 35.1 Å². The minimum absolute atomic E-state index is 0.0703. The third-order valence-electron chi connectivity index (χ3n) is 2.42. The summed E-state index contributed by atoms with van der Waals surface area (Å²) in [5.41, 5.74) is -2.62. The highest BCUT2D eigenvalue weighted by atomic mass is 33.1. The highest BCUT2D eigenvalue weighted by Crippen LogP contribution is 2.35. The van der Waals surface area contributed by atoms with Crippen LogP contribution in [0.3, 0.4) is 0 Å². The van der Waals surface area contributed by atoms with Crippen molar-refractivity contribution in [2.45, 2.75) is 38.9 Å². The lowest BCUT2D eigenvalue weighted by Crippen LogP contribution is -2.25. The van der Waals surface area contributed by atoms with Gasteiger partial charge in [-0.1, -0.05) is 26.3 Å². The Hall–Kier alpha value is -2.46. The molecule has 0 fully saturated rings. The van der Waals surface area contributed by atoms with Crippen molar-refractivity contribution in [3.05, 3.63) is 48.6 Å². The highest BCUT2D eigenvalue weighted by molar-refractivity contribution is 8.77. The fourth-order valence-corrected chi connectivity index (χ4v) is 2.67. The van der Waals surface area contributed by atoms with Crippen molar-refractivity contribution in [3.8, 4) is 0 Å². The number of esters is 4. The molecule has 154 valence electrons. The number of hydrogen-bond acceptors (Lipinski definition) is 10. The second kappa shape index (κ2) is 12.1. The Morgan fingerprint density at radius 3 is 0.857 bits per heavy atom. The molecule has 0 aliphatic carbocycles. The molecular weight excluding hydrogens is 408 g/mol. The van der Waals surface area contributed by atoms with Crippen LogP contribution in [0.1, 0.15) is 27.7 Å². The van der Waals surface area contributed by atoms with Gasteiger partial charge in [0.05, 0.1) is 0 Å². The van der Waals surface area contributed by atoms with Crippen molar-refractivity contribution >= 4 is 45.5 Å². The maximum atomic E-state index is 11.7. The minimum atomic E-state index is -1.45. The molecule has 0 spiro atoms. The van der Waals surface area contributed by atoms with E-state index in [1.54, 1.807) is 0 Å². The van der Waals surface area contributed by atoms with E-state index in [9.17, 15) is 19.2 Å². The molecule has 0 amide bonds. The third-order valence-corrected chi connectivity index (χ3v) is 4.51. The predicted molar refractivity (Wildman–Crippen MR) is 106 cm³/mol. The van der Waals surface area contributed by atoms with E-state index in [0.29, 0.717) is 21.6 Å². The van der Waals surface area contributed by atoms with Crippen LogP contribution in [-0.4, -0.2) is 35.1 Å². The smallest absolute Gasteiger partial charge is 0.336 e. The molecule has 0 saturated carbocycles. The Labute approximate surface area is 171 Å². The molecule has 28 heavy (non-hydrogen) atoms. The van der Waals surface area contributed by atoms with Crippen LogP contribution in [0.2, 0.25) is 0 Å². The van der Waals surface area contributed by atoms with Gasteiger partial charge in [0.25, 0.3) is 0 Å². The van der Waals surface area contributed by atoms with Gasteiger partial charge in [0.2, 0.25) is 0 Å². The second-order valence-corrected chi connectivity index (χ2v) is 7.82. The van der Waals surface area contributed by atoms with E-state index in [1.165, 1.54) is 27.7 Å². The summed E-state index contributed by atoms with van der Waals surface area (Å²) in [5, 5.41) is 0. The van der Waals surface area contributed by atoms with Gasteiger partial charge in [0.1, 0.15) is 0 Å². The first-order valence-electron chi connectivity index (χ1n) is 7.63. The molecule has 0 saturated heterocycles. The first-order chi connectivity index (χ1) is 12.8. The van der Waals surface area contributed by atoms with Crippen molar-refractivity contribution < 1.29 is 38.1 Å². The Morgan fingerprint density at radius 1 is 0.536 bits per heavy atom. The average Bonchev–Trinajstić information content (AvgIpc) is 2.58. The number of hydrogen-bond donors (Lipinski definition) is 0. The van der Waals surface area contributed by atoms with Crippen molar-refractivity contribution in [1.82, 2.24) is 0 Å². The molecule has 0 atom stereocenters. The molecule has 0 aromatic rings. The molecule has 0 bridgehead atoms. The van der Waals surface area contributed by atoms with Crippen molar-refractivity contribution in [2.24, 2.45) is 0 Å². The largest absolute Gasteiger partial charge is 0.411 e. The lowest BCUT2D eigenvalue weighted by Gasteiger charge is -2.21. The van der Waals surface area contributed by atoms with Crippen LogP contribution in [0.15, 0.2) is 48.6 Å². The molecule has 0 heterocycles. The number of carbonyl (C=O) groups is 4. The molecule has 0 unspecified atom stereocenters. The summed E-state index contributed by atoms with van der Waals surface area (Å²) in [4.78, 5) is 46.9. The van der Waals surface area contributed by atoms with Crippen LogP contribution >= 0.6 is 21.6 Å². The lowest BCUT2D eigenvalue weighted by atomic mass is 10.4. The maximum absolute atomic E-state index is 11.7. The van der Waals surface area contributed by atoms with Crippen LogP contribution in [-0.2, 0) is 38.1 Å². The van der Waals surface area contributed by atoms with Crippen molar-refractivity contribution in [2.75, 3.05) is 0 Å². The Balaban J connectivity index is 5.27. The fraction of sp³-hybridized carbons (Fsp3) is 0.333. The van der Waals surface area contributed by atoms with E-state index in [1.807, 2.05) is 0 Å². The highest BCUT2D eigenvalue weighted by Gasteiger charge is 2.27. The van der Waals surface area contributed by atoms with Gasteiger partial charge in [-0.2, -0.15) is 0 Å². The normalized spacial score (nSPS) is 10.1. The molecule has 0 rings (SSSR count). The zero-order valence-corrected chi connectivity index (χ0v) is 17.7. The number of ether oxygens (including phenoxy) is 4. The quantitative estimate of drug-likeness (QED) is 0.209. The monoisotopic (exact) mass is 430 g/mol. The fourth-order valence-electron chi connectivity index (χ4n) is 0.969. The van der Waals surface area contributed by atoms with Crippen LogP contribution in [0.25, 0.3) is 0 Å². The predicted octanol–water partition coefficient (Wildman–Crippen LogP) is 3.41. The summed E-state index contributed by atoms with van der Waals surface area (Å²) >= 11 is 0. The van der Waals surface area contributed by atoms with E-state index >= 15 is 0 Å². The Morgan fingerprint density at radius 2 is 0.714 bits per heavy atom. The SMILES string of the molecule is C=C(C)C(=O)OC(OC(=O)C(=C)C)SSC(OC(=O)C(=C)C)OC(=O)C(=C)C. The Kier molecular flexibility index (Phi) is 11.0. The first-order valence-corrected chi connectivity index (χ1v) is 9.90. The lowest BCUT2D eigenvalue weighted by molar-refractivity contribution is -0.169. The molecule has 0 aromatic heterocycles. The van der Waals surface area contributed by atoms with Crippen molar-refractivity contribution in [3.63, 3.8) is 0 Å². The molecule has 0 N–H and O–H groups in total. The molecule has 0 aliphatic heterocycles. The molecule has 0 radical (unpaired) electrons. The van der Waals surface area contributed by atoms with Crippen LogP contribution in [0.5, 0.6) is 0 Å². The summed E-state index contributed by atoms with van der Waals surface area (Å²) in [7, 11) is 1.33. The van der Waals surface area contributed by atoms with Gasteiger partial charge in [-0.15, -0.1) is 0 Å². The third kappa shape index (κ3) is 10.0. The second-order valence-electron chi connectivity index (χ2n) is 5.51. The van der Waals surface area contributed by atoms with Gasteiger partial charge in [-0.05, 0) is 27.7 Å². The zero-order valence-electron chi connectivity index (χ0n) is 16.1. The molecular formula is C18H22O8S2. The van der Waals surface area contributed by atoms with Gasteiger partial charge in [0.15, 0.2) is 0 Å². The van der Waals surface area contributed by atoms with E-state index in [4.69, 9.17) is 18.9 Å². The van der Waals surface area contributed by atoms with E-state index in [2.05, 4.69) is 26.3 Å². The summed E-state index contributed by atoms with van der Waals surface area (Å²) in [6.07, 6.45) is 0. The summed E-state index contributed by atoms with van der Waals surface area (Å²) in [6.45, 7) is 19.3. The molecule has 8 nitrogen and oxygen atoms in total. The van der Waals surface area contributed by atoms with Crippen molar-refractivity contribution in [1.29, 1.82) is 0 Å². The van der Waals surface area contributed by atoms with Gasteiger partial charge >= 0.3 is 35.1 Å². The first kappa shape index (κ1) is 25.5. The zero-order chi connectivity index (χ0) is 22.0. The number of carbonyl (C=O) groups excluding carboxylic acids is 4. The van der Waals surface area contributed by atoms with E-state index in [-0.39, 0.29) is 22.3 Å². The topological polar surface area (TPSA) is 105 Å².